The van der Waals surface area contributed by atoms with E-state index in [2.05, 4.69) is 4.74 Å². The Morgan fingerprint density at radius 2 is 1.71 bits per heavy atom. The summed E-state index contributed by atoms with van der Waals surface area (Å²) in [5.41, 5.74) is 0. The second kappa shape index (κ2) is 8.90. The zero-order valence-electron chi connectivity index (χ0n) is 11.0. The first-order valence-electron chi connectivity index (χ1n) is 6.19. The first-order chi connectivity index (χ1) is 8.06. The van der Waals surface area contributed by atoms with Crippen molar-refractivity contribution in [3.05, 3.63) is 0 Å². The molecule has 0 aromatic heterocycles. The topological polar surface area (TPSA) is 60.4 Å². The molecule has 0 aliphatic carbocycles. The molecule has 0 N–H and O–H groups in total. The van der Waals surface area contributed by atoms with Gasteiger partial charge in [0.15, 0.2) is 0 Å². The van der Waals surface area contributed by atoms with E-state index in [-0.39, 0.29) is 18.0 Å². The number of ketones is 2. The Bertz CT molecular complexity index is 271. The van der Waals surface area contributed by atoms with Crippen LogP contribution in [0.15, 0.2) is 0 Å². The molecule has 0 bridgehead atoms. The lowest BCUT2D eigenvalue weighted by atomic mass is 9.93. The molecule has 0 aromatic carbocycles. The predicted molar refractivity (Wildman–Crippen MR) is 64.6 cm³/mol. The molecule has 0 heterocycles. The Morgan fingerprint density at radius 3 is 2.18 bits per heavy atom. The van der Waals surface area contributed by atoms with E-state index in [0.29, 0.717) is 19.3 Å². The van der Waals surface area contributed by atoms with Crippen molar-refractivity contribution in [1.82, 2.24) is 0 Å². The molecule has 0 saturated carbocycles. The quantitative estimate of drug-likeness (QED) is 0.460. The van der Waals surface area contributed by atoms with Crippen LogP contribution >= 0.6 is 0 Å². The van der Waals surface area contributed by atoms with Crippen molar-refractivity contribution >= 4 is 17.5 Å². The first-order valence-corrected chi connectivity index (χ1v) is 6.19. The highest BCUT2D eigenvalue weighted by Crippen LogP contribution is 2.13. The van der Waals surface area contributed by atoms with E-state index >= 15 is 0 Å². The van der Waals surface area contributed by atoms with Crippen molar-refractivity contribution in [2.45, 2.75) is 52.4 Å². The maximum Gasteiger partial charge on any atom is 0.316 e. The summed E-state index contributed by atoms with van der Waals surface area (Å²) in [5, 5.41) is 0. The van der Waals surface area contributed by atoms with E-state index in [4.69, 9.17) is 0 Å². The molecule has 0 fully saturated rings. The molecule has 4 nitrogen and oxygen atoms in total. The van der Waals surface area contributed by atoms with Gasteiger partial charge in [0.2, 0.25) is 0 Å². The molecule has 98 valence electrons. The van der Waals surface area contributed by atoms with E-state index in [1.54, 1.807) is 0 Å². The molecule has 0 aromatic rings. The molecule has 0 spiro atoms. The van der Waals surface area contributed by atoms with Gasteiger partial charge in [-0.05, 0) is 12.8 Å². The predicted octanol–water partition coefficient (Wildman–Crippen LogP) is 2.29. The number of hydrogen-bond acceptors (Lipinski definition) is 4. The van der Waals surface area contributed by atoms with Gasteiger partial charge in [-0.1, -0.05) is 20.3 Å². The standard InChI is InChI=1S/C13H22O4/c1-4-6-8-10(14)9-11(13(16)17-3)12(15)7-5-2/h11H,4-9H2,1-3H3. The summed E-state index contributed by atoms with van der Waals surface area (Å²) in [6.45, 7) is 3.86. The van der Waals surface area contributed by atoms with Crippen LogP contribution in [0.25, 0.3) is 0 Å². The summed E-state index contributed by atoms with van der Waals surface area (Å²) in [6, 6.07) is 0. The molecule has 0 aliphatic rings. The molecule has 0 rings (SSSR count). The summed E-state index contributed by atoms with van der Waals surface area (Å²) >= 11 is 0. The van der Waals surface area contributed by atoms with Gasteiger partial charge in [-0.2, -0.15) is 0 Å². The third-order valence-corrected chi connectivity index (χ3v) is 2.61. The fourth-order valence-electron chi connectivity index (χ4n) is 1.60. The Balaban J connectivity index is 4.43. The number of carbonyl (C=O) groups excluding carboxylic acids is 3. The molecule has 1 unspecified atom stereocenters. The molecular formula is C13H22O4. The van der Waals surface area contributed by atoms with Crippen LogP contribution in [0.5, 0.6) is 0 Å². The smallest absolute Gasteiger partial charge is 0.316 e. The average molecular weight is 242 g/mol. The number of ether oxygens (including phenoxy) is 1. The van der Waals surface area contributed by atoms with Crippen LogP contribution in [0, 0.1) is 5.92 Å². The number of carbonyl (C=O) groups is 3. The van der Waals surface area contributed by atoms with Gasteiger partial charge in [-0.3, -0.25) is 14.4 Å². The fraction of sp³-hybridized carbons (Fsp3) is 0.769. The van der Waals surface area contributed by atoms with Crippen LogP contribution < -0.4 is 0 Å². The van der Waals surface area contributed by atoms with E-state index in [9.17, 15) is 14.4 Å². The van der Waals surface area contributed by atoms with Crippen LogP contribution in [0.1, 0.15) is 52.4 Å². The zero-order chi connectivity index (χ0) is 13.3. The van der Waals surface area contributed by atoms with Gasteiger partial charge < -0.3 is 4.74 Å². The van der Waals surface area contributed by atoms with Gasteiger partial charge in [0.1, 0.15) is 17.5 Å². The largest absolute Gasteiger partial charge is 0.468 e. The number of methoxy groups -OCH3 is 1. The highest BCUT2D eigenvalue weighted by Gasteiger charge is 2.28. The maximum atomic E-state index is 11.7. The highest BCUT2D eigenvalue weighted by molar-refractivity contribution is 6.02. The van der Waals surface area contributed by atoms with Crippen LogP contribution in [-0.4, -0.2) is 24.6 Å². The Labute approximate surface area is 103 Å². The zero-order valence-corrected chi connectivity index (χ0v) is 11.0. The number of unbranched alkanes of at least 4 members (excludes halogenated alkanes) is 1. The molecule has 4 heteroatoms. The van der Waals surface area contributed by atoms with Gasteiger partial charge in [0, 0.05) is 19.3 Å². The monoisotopic (exact) mass is 242 g/mol. The normalized spacial score (nSPS) is 11.9. The molecule has 0 saturated heterocycles. The van der Waals surface area contributed by atoms with Crippen LogP contribution in [0.2, 0.25) is 0 Å². The van der Waals surface area contributed by atoms with Crippen molar-refractivity contribution in [1.29, 1.82) is 0 Å². The van der Waals surface area contributed by atoms with E-state index in [1.165, 1.54) is 7.11 Å². The van der Waals surface area contributed by atoms with Gasteiger partial charge in [0.25, 0.3) is 0 Å². The molecule has 1 atom stereocenters. The van der Waals surface area contributed by atoms with Crippen molar-refractivity contribution in [3.63, 3.8) is 0 Å². The van der Waals surface area contributed by atoms with Crippen LogP contribution in [-0.2, 0) is 19.1 Å². The second-order valence-electron chi connectivity index (χ2n) is 4.14. The van der Waals surface area contributed by atoms with E-state index in [0.717, 1.165) is 12.8 Å². The lowest BCUT2D eigenvalue weighted by Gasteiger charge is -2.12. The van der Waals surface area contributed by atoms with Gasteiger partial charge in [0.05, 0.1) is 7.11 Å². The van der Waals surface area contributed by atoms with Crippen molar-refractivity contribution < 1.29 is 19.1 Å². The summed E-state index contributed by atoms with van der Waals surface area (Å²) in [6.07, 6.45) is 3.15. The van der Waals surface area contributed by atoms with Crippen molar-refractivity contribution in [2.24, 2.45) is 5.92 Å². The highest BCUT2D eigenvalue weighted by atomic mass is 16.5. The lowest BCUT2D eigenvalue weighted by molar-refractivity contribution is -0.151. The number of esters is 1. The number of hydrogen-bond donors (Lipinski definition) is 0. The minimum Gasteiger partial charge on any atom is -0.468 e. The van der Waals surface area contributed by atoms with Crippen LogP contribution in [0.3, 0.4) is 0 Å². The van der Waals surface area contributed by atoms with Gasteiger partial charge in [-0.15, -0.1) is 0 Å². The Morgan fingerprint density at radius 1 is 1.06 bits per heavy atom. The molecule has 17 heavy (non-hydrogen) atoms. The summed E-state index contributed by atoms with van der Waals surface area (Å²) in [5.74, 6) is -1.71. The molecule has 0 radical (unpaired) electrons. The second-order valence-corrected chi connectivity index (χ2v) is 4.14. The lowest BCUT2D eigenvalue weighted by Crippen LogP contribution is -2.27. The third-order valence-electron chi connectivity index (χ3n) is 2.61. The summed E-state index contributed by atoms with van der Waals surface area (Å²) in [4.78, 5) is 34.7. The van der Waals surface area contributed by atoms with Gasteiger partial charge >= 0.3 is 5.97 Å². The SMILES string of the molecule is CCCCC(=O)CC(C(=O)CCC)C(=O)OC. The molecule has 0 amide bonds. The Hall–Kier alpha value is -1.19. The minimum absolute atomic E-state index is 0.00843. The summed E-state index contributed by atoms with van der Waals surface area (Å²) in [7, 11) is 1.24. The number of rotatable bonds is 9. The average Bonchev–Trinajstić information content (AvgIpc) is 2.32. The first kappa shape index (κ1) is 15.8. The number of Topliss-reactive ketones (excluding diaryl/α,β-unsaturated/α-hetero) is 2. The van der Waals surface area contributed by atoms with Crippen molar-refractivity contribution in [2.75, 3.05) is 7.11 Å². The fourth-order valence-corrected chi connectivity index (χ4v) is 1.60. The van der Waals surface area contributed by atoms with E-state index < -0.39 is 11.9 Å². The van der Waals surface area contributed by atoms with Crippen molar-refractivity contribution in [3.8, 4) is 0 Å². The Kier molecular flexibility index (Phi) is 8.28. The van der Waals surface area contributed by atoms with Crippen LogP contribution in [0.4, 0.5) is 0 Å². The van der Waals surface area contributed by atoms with E-state index in [1.807, 2.05) is 13.8 Å². The third kappa shape index (κ3) is 6.19. The minimum atomic E-state index is -0.899. The molecular weight excluding hydrogens is 220 g/mol. The van der Waals surface area contributed by atoms with Gasteiger partial charge in [-0.25, -0.2) is 0 Å². The molecule has 0 aliphatic heterocycles. The maximum absolute atomic E-state index is 11.7. The summed E-state index contributed by atoms with van der Waals surface area (Å²) < 4.78 is 4.57.